The first kappa shape index (κ1) is 14.4. The van der Waals surface area contributed by atoms with Crippen LogP contribution in [0, 0.1) is 0 Å². The molecule has 0 saturated heterocycles. The molecule has 0 amide bonds. The van der Waals surface area contributed by atoms with Gasteiger partial charge >= 0.3 is 0 Å². The van der Waals surface area contributed by atoms with Gasteiger partial charge < -0.3 is 0 Å². The van der Waals surface area contributed by atoms with Crippen molar-refractivity contribution in [2.75, 3.05) is 6.54 Å². The zero-order valence-corrected chi connectivity index (χ0v) is 13.1. The number of halogens is 2. The molecule has 0 N–H and O–H groups in total. The molecule has 0 saturated carbocycles. The van der Waals surface area contributed by atoms with Crippen molar-refractivity contribution in [3.63, 3.8) is 0 Å². The van der Waals surface area contributed by atoms with E-state index in [1.807, 2.05) is 24.3 Å². The van der Waals surface area contributed by atoms with Crippen molar-refractivity contribution in [3.8, 4) is 0 Å². The second kappa shape index (κ2) is 6.50. The average Bonchev–Trinajstić information content (AvgIpc) is 2.52. The van der Waals surface area contributed by atoms with Crippen molar-refractivity contribution < 1.29 is 0 Å². The summed E-state index contributed by atoms with van der Waals surface area (Å²) < 4.78 is 0. The van der Waals surface area contributed by atoms with Gasteiger partial charge in [0.2, 0.25) is 0 Å². The molecule has 0 fully saturated rings. The van der Waals surface area contributed by atoms with Gasteiger partial charge in [-0.1, -0.05) is 59.6 Å². The third-order valence-electron chi connectivity index (χ3n) is 3.55. The normalized spacial score (nSPS) is 15.0. The Balaban J connectivity index is 1.78. The Kier molecular flexibility index (Phi) is 4.47. The lowest BCUT2D eigenvalue weighted by atomic mass is 10.0. The van der Waals surface area contributed by atoms with Crippen molar-refractivity contribution in [2.24, 2.45) is 5.10 Å². The summed E-state index contributed by atoms with van der Waals surface area (Å²) >= 11 is 12.0. The molecule has 0 unspecified atom stereocenters. The molecule has 0 atom stereocenters. The van der Waals surface area contributed by atoms with Crippen LogP contribution in [0.15, 0.2) is 53.6 Å². The van der Waals surface area contributed by atoms with Crippen molar-refractivity contribution >= 4 is 28.9 Å². The predicted octanol–water partition coefficient (Wildman–Crippen LogP) is 4.99. The molecule has 0 bridgehead atoms. The van der Waals surface area contributed by atoms with Crippen LogP contribution in [0.1, 0.15) is 24.0 Å². The van der Waals surface area contributed by atoms with Crippen LogP contribution in [0.4, 0.5) is 0 Å². The first-order valence-electron chi connectivity index (χ1n) is 7.04. The maximum Gasteiger partial charge on any atom is 0.0678 e. The smallest absolute Gasteiger partial charge is 0.0678 e. The van der Waals surface area contributed by atoms with Gasteiger partial charge in [0.1, 0.15) is 0 Å². The molecular formula is C17H16Cl2N2. The fourth-order valence-electron chi connectivity index (χ4n) is 2.50. The van der Waals surface area contributed by atoms with Gasteiger partial charge in [-0.05, 0) is 36.1 Å². The number of hydrazone groups is 1. The summed E-state index contributed by atoms with van der Waals surface area (Å²) in [4.78, 5) is 0. The van der Waals surface area contributed by atoms with Crippen LogP contribution < -0.4 is 0 Å². The number of hydrogen-bond acceptors (Lipinski definition) is 2. The average molecular weight is 319 g/mol. The maximum absolute atomic E-state index is 6.07. The third kappa shape index (κ3) is 3.58. The first-order valence-corrected chi connectivity index (χ1v) is 7.80. The topological polar surface area (TPSA) is 15.6 Å². The van der Waals surface area contributed by atoms with Crippen molar-refractivity contribution in [1.29, 1.82) is 0 Å². The van der Waals surface area contributed by atoms with Crippen LogP contribution in [0.25, 0.3) is 0 Å². The Morgan fingerprint density at radius 2 is 1.81 bits per heavy atom. The summed E-state index contributed by atoms with van der Waals surface area (Å²) in [6.07, 6.45) is 2.15. The van der Waals surface area contributed by atoms with Crippen LogP contribution in [0.2, 0.25) is 10.0 Å². The minimum atomic E-state index is 0.590. The zero-order valence-electron chi connectivity index (χ0n) is 11.6. The summed E-state index contributed by atoms with van der Waals surface area (Å²) in [5.74, 6) is 0. The molecule has 1 heterocycles. The second-order valence-corrected chi connectivity index (χ2v) is 5.97. The fraction of sp³-hybridized carbons (Fsp3) is 0.235. The molecule has 0 radical (unpaired) electrons. The molecule has 3 rings (SSSR count). The van der Waals surface area contributed by atoms with Gasteiger partial charge in [-0.25, -0.2) is 0 Å². The van der Waals surface area contributed by atoms with Crippen LogP contribution in [0.3, 0.4) is 0 Å². The Morgan fingerprint density at radius 3 is 2.57 bits per heavy atom. The number of hydrogen-bond donors (Lipinski definition) is 0. The summed E-state index contributed by atoms with van der Waals surface area (Å²) in [5, 5.41) is 8.06. The fourth-order valence-corrected chi connectivity index (χ4v) is 2.82. The largest absolute Gasteiger partial charge is 0.292 e. The van der Waals surface area contributed by atoms with E-state index in [9.17, 15) is 0 Å². The van der Waals surface area contributed by atoms with E-state index in [4.69, 9.17) is 28.3 Å². The van der Waals surface area contributed by atoms with Gasteiger partial charge in [-0.2, -0.15) is 5.10 Å². The minimum absolute atomic E-state index is 0.590. The highest BCUT2D eigenvalue weighted by molar-refractivity contribution is 6.42. The second-order valence-electron chi connectivity index (χ2n) is 5.15. The SMILES string of the molecule is Clc1ccc(CN2CCCC(c3ccccc3)=N2)cc1Cl. The van der Waals surface area contributed by atoms with Crippen molar-refractivity contribution in [1.82, 2.24) is 5.01 Å². The Morgan fingerprint density at radius 1 is 1.00 bits per heavy atom. The lowest BCUT2D eigenvalue weighted by Gasteiger charge is -2.25. The predicted molar refractivity (Wildman–Crippen MR) is 89.1 cm³/mol. The molecule has 1 aliphatic heterocycles. The molecule has 1 aliphatic rings. The molecule has 2 aromatic rings. The first-order chi connectivity index (χ1) is 10.2. The molecule has 0 aliphatic carbocycles. The van der Waals surface area contributed by atoms with E-state index in [1.54, 1.807) is 0 Å². The van der Waals surface area contributed by atoms with E-state index in [2.05, 4.69) is 29.3 Å². The summed E-state index contributed by atoms with van der Waals surface area (Å²) in [6, 6.07) is 16.1. The molecular weight excluding hydrogens is 303 g/mol. The van der Waals surface area contributed by atoms with E-state index in [0.29, 0.717) is 10.0 Å². The van der Waals surface area contributed by atoms with Gasteiger partial charge in [0.15, 0.2) is 0 Å². The highest BCUT2D eigenvalue weighted by atomic mass is 35.5. The van der Waals surface area contributed by atoms with Gasteiger partial charge in [-0.3, -0.25) is 5.01 Å². The Bertz CT molecular complexity index is 653. The molecule has 0 aromatic heterocycles. The molecule has 0 spiro atoms. The lowest BCUT2D eigenvalue weighted by molar-refractivity contribution is 0.265. The lowest BCUT2D eigenvalue weighted by Crippen LogP contribution is -2.26. The summed E-state index contributed by atoms with van der Waals surface area (Å²) in [5.41, 5.74) is 3.49. The number of benzene rings is 2. The van der Waals surface area contributed by atoms with E-state index < -0.39 is 0 Å². The summed E-state index contributed by atoms with van der Waals surface area (Å²) in [6.45, 7) is 1.73. The monoisotopic (exact) mass is 318 g/mol. The van der Waals surface area contributed by atoms with E-state index in [0.717, 1.165) is 37.2 Å². The Hall–Kier alpha value is -1.51. The van der Waals surface area contributed by atoms with Crippen LogP contribution in [-0.2, 0) is 6.54 Å². The van der Waals surface area contributed by atoms with E-state index >= 15 is 0 Å². The number of rotatable bonds is 3. The van der Waals surface area contributed by atoms with Crippen LogP contribution in [0.5, 0.6) is 0 Å². The zero-order chi connectivity index (χ0) is 14.7. The van der Waals surface area contributed by atoms with Gasteiger partial charge in [0.25, 0.3) is 0 Å². The summed E-state index contributed by atoms with van der Waals surface area (Å²) in [7, 11) is 0. The molecule has 2 nitrogen and oxygen atoms in total. The maximum atomic E-state index is 6.07. The molecule has 21 heavy (non-hydrogen) atoms. The van der Waals surface area contributed by atoms with E-state index in [-0.39, 0.29) is 0 Å². The third-order valence-corrected chi connectivity index (χ3v) is 4.29. The minimum Gasteiger partial charge on any atom is -0.292 e. The van der Waals surface area contributed by atoms with Crippen molar-refractivity contribution in [3.05, 3.63) is 69.7 Å². The molecule has 4 heteroatoms. The van der Waals surface area contributed by atoms with Gasteiger partial charge in [0.05, 0.1) is 22.3 Å². The van der Waals surface area contributed by atoms with Crippen LogP contribution >= 0.6 is 23.2 Å². The van der Waals surface area contributed by atoms with Gasteiger partial charge in [0, 0.05) is 6.54 Å². The molecule has 2 aromatic carbocycles. The standard InChI is InChI=1S/C17H16Cl2N2/c18-15-9-8-13(11-16(15)19)12-21-10-4-7-17(20-21)14-5-2-1-3-6-14/h1-3,5-6,8-9,11H,4,7,10,12H2. The molecule has 108 valence electrons. The quantitative estimate of drug-likeness (QED) is 0.778. The number of nitrogens with zero attached hydrogens (tertiary/aromatic N) is 2. The van der Waals surface area contributed by atoms with Crippen LogP contribution in [-0.4, -0.2) is 17.3 Å². The Labute approximate surface area is 135 Å². The van der Waals surface area contributed by atoms with E-state index in [1.165, 1.54) is 5.56 Å². The van der Waals surface area contributed by atoms with Gasteiger partial charge in [-0.15, -0.1) is 0 Å². The highest BCUT2D eigenvalue weighted by Crippen LogP contribution is 2.24. The van der Waals surface area contributed by atoms with Crippen molar-refractivity contribution in [2.45, 2.75) is 19.4 Å². The highest BCUT2D eigenvalue weighted by Gasteiger charge is 2.14.